The highest BCUT2D eigenvalue weighted by Gasteiger charge is 2.10. The van der Waals surface area contributed by atoms with Crippen molar-refractivity contribution in [2.24, 2.45) is 0 Å². The van der Waals surface area contributed by atoms with Gasteiger partial charge < -0.3 is 10.2 Å². The van der Waals surface area contributed by atoms with Crippen molar-refractivity contribution < 1.29 is 4.92 Å². The van der Waals surface area contributed by atoms with Crippen molar-refractivity contribution >= 4 is 23.1 Å². The lowest BCUT2D eigenvalue weighted by atomic mass is 10.3. The third-order valence-electron chi connectivity index (χ3n) is 3.05. The van der Waals surface area contributed by atoms with E-state index in [9.17, 15) is 10.1 Å². The van der Waals surface area contributed by atoms with Crippen molar-refractivity contribution in [3.8, 4) is 0 Å². The van der Waals surface area contributed by atoms with Gasteiger partial charge in [0.25, 0.3) is 5.69 Å². The molecule has 0 atom stereocenters. The molecule has 0 saturated heterocycles. The lowest BCUT2D eigenvalue weighted by molar-refractivity contribution is -0.385. The zero-order valence-corrected chi connectivity index (χ0v) is 13.2. The van der Waals surface area contributed by atoms with Gasteiger partial charge in [-0.3, -0.25) is 10.1 Å². The van der Waals surface area contributed by atoms with Gasteiger partial charge in [-0.2, -0.15) is 0 Å². The van der Waals surface area contributed by atoms with E-state index in [0.29, 0.717) is 0 Å². The first-order valence-electron chi connectivity index (χ1n) is 6.99. The Morgan fingerprint density at radius 2 is 1.95 bits per heavy atom. The number of non-ortho nitro benzene ring substituents is 1. The molecular formula is C14H23N3O2S. The average molecular weight is 297 g/mol. The predicted molar refractivity (Wildman–Crippen MR) is 85.8 cm³/mol. The molecule has 0 amide bonds. The second-order valence-electron chi connectivity index (χ2n) is 4.38. The fourth-order valence-corrected chi connectivity index (χ4v) is 2.91. The molecule has 112 valence electrons. The van der Waals surface area contributed by atoms with E-state index in [4.69, 9.17) is 0 Å². The van der Waals surface area contributed by atoms with Crippen LogP contribution in [0.4, 0.5) is 11.4 Å². The molecule has 0 unspecified atom stereocenters. The Labute approximate surface area is 124 Å². The van der Waals surface area contributed by atoms with Crippen molar-refractivity contribution in [2.45, 2.75) is 25.7 Å². The van der Waals surface area contributed by atoms with Crippen LogP contribution < -0.4 is 5.32 Å². The van der Waals surface area contributed by atoms with Crippen molar-refractivity contribution in [3.63, 3.8) is 0 Å². The van der Waals surface area contributed by atoms with Crippen molar-refractivity contribution in [1.82, 2.24) is 4.90 Å². The SMILES string of the molecule is CCNc1cc(SCCN(CC)CC)cc([N+](=O)[O-])c1. The number of nitrogens with zero attached hydrogens (tertiary/aromatic N) is 2. The Hall–Kier alpha value is -1.27. The van der Waals surface area contributed by atoms with E-state index in [1.165, 1.54) is 0 Å². The smallest absolute Gasteiger partial charge is 0.272 e. The van der Waals surface area contributed by atoms with Crippen LogP contribution in [0.25, 0.3) is 0 Å². The Balaban J connectivity index is 2.70. The third kappa shape index (κ3) is 5.38. The van der Waals surface area contributed by atoms with Gasteiger partial charge in [-0.1, -0.05) is 13.8 Å². The molecule has 0 aliphatic rings. The van der Waals surface area contributed by atoms with Gasteiger partial charge in [0.15, 0.2) is 0 Å². The minimum atomic E-state index is -0.338. The van der Waals surface area contributed by atoms with Gasteiger partial charge >= 0.3 is 0 Å². The number of nitro benzene ring substituents is 1. The Morgan fingerprint density at radius 3 is 2.50 bits per heavy atom. The van der Waals surface area contributed by atoms with Gasteiger partial charge in [-0.05, 0) is 26.1 Å². The van der Waals surface area contributed by atoms with Crippen LogP contribution in [0, 0.1) is 10.1 Å². The maximum atomic E-state index is 10.9. The van der Waals surface area contributed by atoms with E-state index >= 15 is 0 Å². The Morgan fingerprint density at radius 1 is 1.25 bits per heavy atom. The van der Waals surface area contributed by atoms with Gasteiger partial charge in [-0.15, -0.1) is 11.8 Å². The van der Waals surface area contributed by atoms with Crippen LogP contribution in [-0.2, 0) is 0 Å². The molecule has 5 nitrogen and oxygen atoms in total. The molecular weight excluding hydrogens is 274 g/mol. The summed E-state index contributed by atoms with van der Waals surface area (Å²) in [7, 11) is 0. The Bertz CT molecular complexity index is 436. The molecule has 0 aromatic heterocycles. The highest BCUT2D eigenvalue weighted by molar-refractivity contribution is 7.99. The predicted octanol–water partition coefficient (Wildman–Crippen LogP) is 3.46. The molecule has 1 rings (SSSR count). The van der Waals surface area contributed by atoms with Gasteiger partial charge in [0.2, 0.25) is 0 Å². The maximum Gasteiger partial charge on any atom is 0.272 e. The summed E-state index contributed by atoms with van der Waals surface area (Å²) < 4.78 is 0. The van der Waals surface area contributed by atoms with Crippen LogP contribution in [0.15, 0.2) is 23.1 Å². The maximum absolute atomic E-state index is 10.9. The van der Waals surface area contributed by atoms with Gasteiger partial charge in [0.1, 0.15) is 0 Å². The van der Waals surface area contributed by atoms with E-state index in [1.807, 2.05) is 13.0 Å². The van der Waals surface area contributed by atoms with Crippen molar-refractivity contribution in [1.29, 1.82) is 0 Å². The molecule has 6 heteroatoms. The van der Waals surface area contributed by atoms with Gasteiger partial charge in [0, 0.05) is 41.6 Å². The number of nitro groups is 1. The van der Waals surface area contributed by atoms with Crippen LogP contribution in [0.1, 0.15) is 20.8 Å². The molecule has 0 bridgehead atoms. The summed E-state index contributed by atoms with van der Waals surface area (Å²) in [4.78, 5) is 13.9. The summed E-state index contributed by atoms with van der Waals surface area (Å²) >= 11 is 1.66. The summed E-state index contributed by atoms with van der Waals surface area (Å²) in [5, 5.41) is 14.1. The minimum Gasteiger partial charge on any atom is -0.385 e. The zero-order valence-electron chi connectivity index (χ0n) is 12.4. The number of hydrogen-bond acceptors (Lipinski definition) is 5. The number of benzene rings is 1. The molecule has 20 heavy (non-hydrogen) atoms. The summed E-state index contributed by atoms with van der Waals surface area (Å²) in [6, 6.07) is 5.20. The molecule has 0 heterocycles. The number of rotatable bonds is 9. The van der Waals surface area contributed by atoms with Crippen molar-refractivity contribution in [3.05, 3.63) is 28.3 Å². The van der Waals surface area contributed by atoms with Crippen LogP contribution in [-0.4, -0.2) is 41.8 Å². The topological polar surface area (TPSA) is 58.4 Å². The lowest BCUT2D eigenvalue weighted by Gasteiger charge is -2.17. The number of nitrogens with one attached hydrogen (secondary N) is 1. The summed E-state index contributed by atoms with van der Waals surface area (Å²) in [5.41, 5.74) is 0.959. The van der Waals surface area contributed by atoms with E-state index in [1.54, 1.807) is 23.9 Å². The average Bonchev–Trinajstić information content (AvgIpc) is 2.44. The fourth-order valence-electron chi connectivity index (χ4n) is 1.91. The van der Waals surface area contributed by atoms with Crippen LogP contribution >= 0.6 is 11.8 Å². The normalized spacial score (nSPS) is 10.8. The second kappa shape index (κ2) is 8.81. The van der Waals surface area contributed by atoms with E-state index in [-0.39, 0.29) is 10.6 Å². The molecule has 1 aromatic carbocycles. The molecule has 0 radical (unpaired) electrons. The summed E-state index contributed by atoms with van der Waals surface area (Å²) in [5.74, 6) is 0.939. The highest BCUT2D eigenvalue weighted by Crippen LogP contribution is 2.27. The standard InChI is InChI=1S/C14H23N3O2S/c1-4-15-12-9-13(17(18)19)11-14(10-12)20-8-7-16(5-2)6-3/h9-11,15H,4-8H2,1-3H3. The monoisotopic (exact) mass is 297 g/mol. The van der Waals surface area contributed by atoms with E-state index in [0.717, 1.165) is 42.5 Å². The zero-order chi connectivity index (χ0) is 15.0. The first-order valence-corrected chi connectivity index (χ1v) is 7.97. The number of anilines is 1. The summed E-state index contributed by atoms with van der Waals surface area (Å²) in [6.07, 6.45) is 0. The number of hydrogen-bond donors (Lipinski definition) is 1. The van der Waals surface area contributed by atoms with Crippen LogP contribution in [0.2, 0.25) is 0 Å². The number of thioether (sulfide) groups is 1. The molecule has 0 spiro atoms. The van der Waals surface area contributed by atoms with Crippen LogP contribution in [0.5, 0.6) is 0 Å². The Kier molecular flexibility index (Phi) is 7.40. The molecule has 0 aliphatic heterocycles. The van der Waals surface area contributed by atoms with E-state index < -0.39 is 0 Å². The highest BCUT2D eigenvalue weighted by atomic mass is 32.2. The largest absolute Gasteiger partial charge is 0.385 e. The first-order chi connectivity index (χ1) is 9.60. The second-order valence-corrected chi connectivity index (χ2v) is 5.55. The third-order valence-corrected chi connectivity index (χ3v) is 4.01. The van der Waals surface area contributed by atoms with Gasteiger partial charge in [-0.25, -0.2) is 0 Å². The fraction of sp³-hybridized carbons (Fsp3) is 0.571. The molecule has 1 N–H and O–H groups in total. The molecule has 1 aromatic rings. The van der Waals surface area contributed by atoms with Crippen molar-refractivity contribution in [2.75, 3.05) is 37.2 Å². The van der Waals surface area contributed by atoms with Crippen LogP contribution in [0.3, 0.4) is 0 Å². The molecule has 0 fully saturated rings. The lowest BCUT2D eigenvalue weighted by Crippen LogP contribution is -2.25. The van der Waals surface area contributed by atoms with E-state index in [2.05, 4.69) is 24.1 Å². The molecule has 0 aliphatic carbocycles. The quantitative estimate of drug-likeness (QED) is 0.430. The summed E-state index contributed by atoms with van der Waals surface area (Å²) in [6.45, 7) is 10.1. The first kappa shape index (κ1) is 16.8. The van der Waals surface area contributed by atoms with Gasteiger partial charge in [0.05, 0.1) is 4.92 Å². The minimum absolute atomic E-state index is 0.147. The molecule has 0 saturated carbocycles.